The molecular formula is C8H13N2+. The summed E-state index contributed by atoms with van der Waals surface area (Å²) in [6.07, 6.45) is 1.80. The Morgan fingerprint density at radius 1 is 1.50 bits per heavy atom. The summed E-state index contributed by atoms with van der Waals surface area (Å²) in [4.78, 5) is 0. The SMILES string of the molecule is CC(C)c1cccn[n+]1C. The van der Waals surface area contributed by atoms with Gasteiger partial charge in [0.15, 0.2) is 7.05 Å². The molecule has 0 aliphatic carbocycles. The van der Waals surface area contributed by atoms with Crippen LogP contribution in [0, 0.1) is 0 Å². The van der Waals surface area contributed by atoms with Crippen molar-refractivity contribution >= 4 is 0 Å². The van der Waals surface area contributed by atoms with Crippen molar-refractivity contribution in [2.24, 2.45) is 7.05 Å². The number of rotatable bonds is 1. The fourth-order valence-corrected chi connectivity index (χ4v) is 1.02. The molecule has 0 aliphatic heterocycles. The lowest BCUT2D eigenvalue weighted by Crippen LogP contribution is -2.37. The predicted molar refractivity (Wildman–Crippen MR) is 39.5 cm³/mol. The van der Waals surface area contributed by atoms with Gasteiger partial charge in [-0.05, 0) is 11.2 Å². The first kappa shape index (κ1) is 7.19. The summed E-state index contributed by atoms with van der Waals surface area (Å²) in [5.41, 5.74) is 1.27. The molecule has 1 aromatic rings. The van der Waals surface area contributed by atoms with Crippen LogP contribution in [0.15, 0.2) is 18.3 Å². The normalized spacial score (nSPS) is 10.4. The van der Waals surface area contributed by atoms with Gasteiger partial charge in [0, 0.05) is 12.0 Å². The Kier molecular flexibility index (Phi) is 2.00. The maximum absolute atomic E-state index is 4.12. The molecule has 0 saturated heterocycles. The van der Waals surface area contributed by atoms with Crippen molar-refractivity contribution in [2.75, 3.05) is 0 Å². The van der Waals surface area contributed by atoms with Crippen LogP contribution in [0.1, 0.15) is 25.5 Å². The van der Waals surface area contributed by atoms with Crippen molar-refractivity contribution < 1.29 is 4.68 Å². The monoisotopic (exact) mass is 137 g/mol. The largest absolute Gasteiger partial charge is 0.210 e. The lowest BCUT2D eigenvalue weighted by atomic mass is 10.1. The summed E-state index contributed by atoms with van der Waals surface area (Å²) in [5.74, 6) is 0.554. The Morgan fingerprint density at radius 3 is 2.60 bits per heavy atom. The summed E-state index contributed by atoms with van der Waals surface area (Å²) < 4.78 is 1.91. The minimum Gasteiger partial charge on any atom is -0.0910 e. The van der Waals surface area contributed by atoms with Crippen molar-refractivity contribution in [1.82, 2.24) is 5.10 Å². The number of hydrogen-bond acceptors (Lipinski definition) is 1. The van der Waals surface area contributed by atoms with E-state index in [0.717, 1.165) is 0 Å². The second-order valence-corrected chi connectivity index (χ2v) is 2.73. The van der Waals surface area contributed by atoms with Crippen LogP contribution in [0.5, 0.6) is 0 Å². The third-order valence-corrected chi connectivity index (χ3v) is 1.56. The van der Waals surface area contributed by atoms with Gasteiger partial charge in [0.2, 0.25) is 5.69 Å². The topological polar surface area (TPSA) is 16.8 Å². The van der Waals surface area contributed by atoms with Crippen LogP contribution in [0.25, 0.3) is 0 Å². The molecule has 2 heteroatoms. The number of aryl methyl sites for hydroxylation is 1. The van der Waals surface area contributed by atoms with E-state index in [4.69, 9.17) is 0 Å². The average Bonchev–Trinajstić information content (AvgIpc) is 1.88. The minimum atomic E-state index is 0.554. The molecule has 0 radical (unpaired) electrons. The zero-order valence-electron chi connectivity index (χ0n) is 6.70. The van der Waals surface area contributed by atoms with Crippen molar-refractivity contribution in [3.8, 4) is 0 Å². The molecule has 54 valence electrons. The van der Waals surface area contributed by atoms with Gasteiger partial charge in [-0.25, -0.2) is 0 Å². The smallest absolute Gasteiger partial charge is 0.0910 e. The molecule has 0 spiro atoms. The molecule has 0 unspecified atom stereocenters. The van der Waals surface area contributed by atoms with E-state index < -0.39 is 0 Å². The summed E-state index contributed by atoms with van der Waals surface area (Å²) in [5, 5.41) is 4.12. The zero-order chi connectivity index (χ0) is 7.56. The number of aromatic nitrogens is 2. The van der Waals surface area contributed by atoms with Gasteiger partial charge in [0.25, 0.3) is 0 Å². The fraction of sp³-hybridized carbons (Fsp3) is 0.500. The van der Waals surface area contributed by atoms with Gasteiger partial charge in [0.1, 0.15) is 0 Å². The Hall–Kier alpha value is -0.920. The molecule has 2 nitrogen and oxygen atoms in total. The molecule has 0 amide bonds. The van der Waals surface area contributed by atoms with Crippen molar-refractivity contribution in [3.05, 3.63) is 24.0 Å². The quantitative estimate of drug-likeness (QED) is 0.528. The van der Waals surface area contributed by atoms with Crippen LogP contribution in [0.2, 0.25) is 0 Å². The van der Waals surface area contributed by atoms with E-state index in [1.54, 1.807) is 6.20 Å². The van der Waals surface area contributed by atoms with Crippen LogP contribution < -0.4 is 4.68 Å². The van der Waals surface area contributed by atoms with Crippen molar-refractivity contribution in [3.63, 3.8) is 0 Å². The second kappa shape index (κ2) is 2.78. The summed E-state index contributed by atoms with van der Waals surface area (Å²) in [6.45, 7) is 4.33. The number of nitrogens with zero attached hydrogens (tertiary/aromatic N) is 2. The molecule has 0 aromatic carbocycles. The first-order valence-electron chi connectivity index (χ1n) is 3.53. The van der Waals surface area contributed by atoms with Gasteiger partial charge in [-0.1, -0.05) is 18.5 Å². The average molecular weight is 137 g/mol. The summed E-state index contributed by atoms with van der Waals surface area (Å²) >= 11 is 0. The van der Waals surface area contributed by atoms with Crippen LogP contribution in [-0.2, 0) is 7.05 Å². The van der Waals surface area contributed by atoms with E-state index in [2.05, 4.69) is 25.0 Å². The Morgan fingerprint density at radius 2 is 2.20 bits per heavy atom. The molecule has 1 aromatic heterocycles. The van der Waals surface area contributed by atoms with Gasteiger partial charge in [-0.3, -0.25) is 0 Å². The van der Waals surface area contributed by atoms with E-state index in [9.17, 15) is 0 Å². The third-order valence-electron chi connectivity index (χ3n) is 1.56. The molecule has 1 rings (SSSR count). The highest BCUT2D eigenvalue weighted by molar-refractivity contribution is 4.98. The molecule has 1 heterocycles. The molecule has 0 atom stereocenters. The molecule has 0 bridgehead atoms. The van der Waals surface area contributed by atoms with Gasteiger partial charge in [0.05, 0.1) is 6.20 Å². The summed E-state index contributed by atoms with van der Waals surface area (Å²) in [7, 11) is 1.97. The highest BCUT2D eigenvalue weighted by Gasteiger charge is 2.09. The molecule has 0 saturated carbocycles. The maximum Gasteiger partial charge on any atom is 0.210 e. The first-order valence-corrected chi connectivity index (χ1v) is 3.53. The Labute approximate surface area is 61.5 Å². The van der Waals surface area contributed by atoms with Gasteiger partial charge >= 0.3 is 0 Å². The van der Waals surface area contributed by atoms with Gasteiger partial charge in [-0.15, -0.1) is 0 Å². The first-order chi connectivity index (χ1) is 4.72. The van der Waals surface area contributed by atoms with Crippen molar-refractivity contribution in [2.45, 2.75) is 19.8 Å². The van der Waals surface area contributed by atoms with Gasteiger partial charge in [-0.2, -0.15) is 0 Å². The molecular weight excluding hydrogens is 124 g/mol. The lowest BCUT2D eigenvalue weighted by Gasteiger charge is -1.98. The van der Waals surface area contributed by atoms with Crippen LogP contribution in [-0.4, -0.2) is 5.10 Å². The number of hydrogen-bond donors (Lipinski definition) is 0. The minimum absolute atomic E-state index is 0.554. The Balaban J connectivity index is 3.03. The highest BCUT2D eigenvalue weighted by Crippen LogP contribution is 2.05. The maximum atomic E-state index is 4.12. The van der Waals surface area contributed by atoms with E-state index in [1.165, 1.54) is 5.69 Å². The molecule has 0 aliphatic rings. The fourth-order valence-electron chi connectivity index (χ4n) is 1.02. The van der Waals surface area contributed by atoms with E-state index in [0.29, 0.717) is 5.92 Å². The second-order valence-electron chi connectivity index (χ2n) is 2.73. The summed E-state index contributed by atoms with van der Waals surface area (Å²) in [6, 6.07) is 4.06. The van der Waals surface area contributed by atoms with Crippen molar-refractivity contribution in [1.29, 1.82) is 0 Å². The predicted octanol–water partition coefficient (Wildman–Crippen LogP) is 1.03. The lowest BCUT2D eigenvalue weighted by molar-refractivity contribution is -0.738. The zero-order valence-corrected chi connectivity index (χ0v) is 6.70. The van der Waals surface area contributed by atoms with E-state index in [-0.39, 0.29) is 0 Å². The van der Waals surface area contributed by atoms with Crippen LogP contribution in [0.3, 0.4) is 0 Å². The van der Waals surface area contributed by atoms with Gasteiger partial charge < -0.3 is 0 Å². The van der Waals surface area contributed by atoms with Crippen LogP contribution in [0.4, 0.5) is 0 Å². The third kappa shape index (κ3) is 1.32. The highest BCUT2D eigenvalue weighted by atomic mass is 15.2. The van der Waals surface area contributed by atoms with E-state index >= 15 is 0 Å². The molecule has 10 heavy (non-hydrogen) atoms. The van der Waals surface area contributed by atoms with Crippen LogP contribution >= 0.6 is 0 Å². The Bertz CT molecular complexity index is 218. The molecule has 0 N–H and O–H groups in total. The van der Waals surface area contributed by atoms with E-state index in [1.807, 2.05) is 17.8 Å². The standard InChI is InChI=1S/C8H13N2/c1-7(2)8-5-4-6-9-10(8)3/h4-7H,1-3H3/q+1. The molecule has 0 fully saturated rings.